The molecule has 14 nitrogen and oxygen atoms in total. The fourth-order valence-electron chi connectivity index (χ4n) is 3.48. The maximum atomic E-state index is 12.3. The number of non-ortho nitro benzene ring substituents is 1. The summed E-state index contributed by atoms with van der Waals surface area (Å²) < 4.78 is 22.1. The molecular formula is C27H25BrN6O8. The second-order valence-electron chi connectivity index (χ2n) is 8.35. The number of hydrogen-bond donors (Lipinski definition) is 2. The van der Waals surface area contributed by atoms with Gasteiger partial charge >= 0.3 is 0 Å². The molecule has 0 radical (unpaired) electrons. The maximum absolute atomic E-state index is 12.3. The Bertz CT molecular complexity index is 1560. The summed E-state index contributed by atoms with van der Waals surface area (Å²) in [6.07, 6.45) is 1.36. The Morgan fingerprint density at radius 2 is 1.90 bits per heavy atom. The molecule has 15 heteroatoms. The predicted octanol–water partition coefficient (Wildman–Crippen LogP) is 3.63. The summed E-state index contributed by atoms with van der Waals surface area (Å²) in [5.74, 6) is -0.557. The molecule has 0 aliphatic carbocycles. The Morgan fingerprint density at radius 1 is 1.14 bits per heavy atom. The van der Waals surface area contributed by atoms with Crippen LogP contribution in [-0.4, -0.2) is 55.4 Å². The Kier molecular flexibility index (Phi) is 11.3. The fourth-order valence-corrected chi connectivity index (χ4v) is 3.88. The molecule has 0 atom stereocenters. The third kappa shape index (κ3) is 8.46. The van der Waals surface area contributed by atoms with Gasteiger partial charge in [0.15, 0.2) is 24.7 Å². The molecule has 1 heterocycles. The molecule has 2 amide bonds. The molecule has 1 aromatic heterocycles. The minimum absolute atomic E-state index is 0.00321. The van der Waals surface area contributed by atoms with Crippen molar-refractivity contribution < 1.29 is 33.5 Å². The first-order valence-corrected chi connectivity index (χ1v) is 12.8. The number of nitriles is 1. The van der Waals surface area contributed by atoms with Crippen LogP contribution in [0.15, 0.2) is 52.0 Å². The lowest BCUT2D eigenvalue weighted by molar-refractivity contribution is -0.384. The number of carbonyl (C=O) groups excluding carboxylic acids is 2. The minimum atomic E-state index is -0.590. The predicted molar refractivity (Wildman–Crippen MR) is 154 cm³/mol. The van der Waals surface area contributed by atoms with E-state index in [-0.39, 0.29) is 41.8 Å². The number of hydrazone groups is 1. The number of nitro groups is 1. The number of pyridine rings is 1. The summed E-state index contributed by atoms with van der Waals surface area (Å²) in [6, 6.07) is 12.3. The zero-order valence-corrected chi connectivity index (χ0v) is 24.3. The third-order valence-electron chi connectivity index (χ3n) is 5.40. The summed E-state index contributed by atoms with van der Waals surface area (Å²) in [5.41, 5.74) is 4.25. The molecule has 0 bridgehead atoms. The largest absolute Gasteiger partial charge is 0.493 e. The highest BCUT2D eigenvalue weighted by molar-refractivity contribution is 9.10. The molecule has 0 aliphatic rings. The van der Waals surface area contributed by atoms with Gasteiger partial charge in [-0.1, -0.05) is 6.07 Å². The van der Waals surface area contributed by atoms with Crippen LogP contribution in [-0.2, 0) is 20.9 Å². The maximum Gasteiger partial charge on any atom is 0.278 e. The molecule has 42 heavy (non-hydrogen) atoms. The van der Waals surface area contributed by atoms with Gasteiger partial charge in [0, 0.05) is 35.0 Å². The molecule has 0 fully saturated rings. The van der Waals surface area contributed by atoms with Crippen LogP contribution in [0.2, 0.25) is 0 Å². The molecule has 0 unspecified atom stereocenters. The van der Waals surface area contributed by atoms with Crippen molar-refractivity contribution >= 4 is 45.3 Å². The van der Waals surface area contributed by atoms with E-state index in [0.29, 0.717) is 27.0 Å². The number of carbonyl (C=O) groups is 2. The molecule has 0 spiro atoms. The van der Waals surface area contributed by atoms with Crippen molar-refractivity contribution in [3.63, 3.8) is 0 Å². The van der Waals surface area contributed by atoms with Gasteiger partial charge in [-0.25, -0.2) is 10.4 Å². The van der Waals surface area contributed by atoms with Gasteiger partial charge < -0.3 is 24.3 Å². The smallest absolute Gasteiger partial charge is 0.278 e. The van der Waals surface area contributed by atoms with Crippen LogP contribution >= 0.6 is 15.9 Å². The number of nitrogens with one attached hydrogen (secondary N) is 2. The first kappa shape index (κ1) is 31.5. The van der Waals surface area contributed by atoms with Crippen LogP contribution in [0.3, 0.4) is 0 Å². The zero-order valence-electron chi connectivity index (χ0n) is 22.7. The fraction of sp³-hybridized carbons (Fsp3) is 0.222. The van der Waals surface area contributed by atoms with Gasteiger partial charge in [-0.15, -0.1) is 0 Å². The summed E-state index contributed by atoms with van der Waals surface area (Å²) in [5, 5.41) is 26.9. The number of hydrogen-bond acceptors (Lipinski definition) is 11. The number of anilines is 1. The SMILES string of the molecule is COCc1c(Br)c(C)nc(OCC(=O)N/N=C/c2ccc(OCC(=O)Nc3cccc([N+](=O)[O-])c3)c(OC)c2)c1C#N. The van der Waals surface area contributed by atoms with Crippen LogP contribution in [0, 0.1) is 28.4 Å². The van der Waals surface area contributed by atoms with Crippen LogP contribution < -0.4 is 25.0 Å². The molecule has 0 saturated heterocycles. The molecule has 2 N–H and O–H groups in total. The molecule has 3 rings (SSSR count). The lowest BCUT2D eigenvalue weighted by Crippen LogP contribution is -2.25. The number of aromatic nitrogens is 1. The number of nitro benzene ring substituents is 1. The molecular weight excluding hydrogens is 616 g/mol. The van der Waals surface area contributed by atoms with Gasteiger partial charge in [-0.05, 0) is 52.7 Å². The van der Waals surface area contributed by atoms with E-state index in [1.165, 1.54) is 44.7 Å². The van der Waals surface area contributed by atoms with Gasteiger partial charge in [0.2, 0.25) is 5.88 Å². The number of aryl methyl sites for hydroxylation is 1. The van der Waals surface area contributed by atoms with E-state index in [1.807, 2.05) is 6.07 Å². The van der Waals surface area contributed by atoms with E-state index in [9.17, 15) is 25.0 Å². The van der Waals surface area contributed by atoms with Crippen molar-refractivity contribution in [3.05, 3.63) is 79.4 Å². The Labute approximate surface area is 248 Å². The second kappa shape index (κ2) is 15.1. The summed E-state index contributed by atoms with van der Waals surface area (Å²) in [6.45, 7) is 1.05. The van der Waals surface area contributed by atoms with Crippen LogP contribution in [0.4, 0.5) is 11.4 Å². The molecule has 3 aromatic rings. The third-order valence-corrected chi connectivity index (χ3v) is 6.45. The van der Waals surface area contributed by atoms with Gasteiger partial charge in [-0.3, -0.25) is 19.7 Å². The Hall–Kier alpha value is -5.07. The number of ether oxygens (including phenoxy) is 4. The van der Waals surface area contributed by atoms with Crippen LogP contribution in [0.1, 0.15) is 22.4 Å². The van der Waals surface area contributed by atoms with Crippen LogP contribution in [0.25, 0.3) is 0 Å². The first-order chi connectivity index (χ1) is 20.2. The van der Waals surface area contributed by atoms with Crippen LogP contribution in [0.5, 0.6) is 17.4 Å². The quantitative estimate of drug-likeness (QED) is 0.159. The van der Waals surface area contributed by atoms with E-state index >= 15 is 0 Å². The summed E-state index contributed by atoms with van der Waals surface area (Å²) in [4.78, 5) is 39.1. The van der Waals surface area contributed by atoms with E-state index in [4.69, 9.17) is 18.9 Å². The number of nitrogens with zero attached hydrogens (tertiary/aromatic N) is 4. The monoisotopic (exact) mass is 640 g/mol. The van der Waals surface area contributed by atoms with Crippen molar-refractivity contribution in [1.29, 1.82) is 5.26 Å². The molecule has 218 valence electrons. The first-order valence-electron chi connectivity index (χ1n) is 12.0. The second-order valence-corrected chi connectivity index (χ2v) is 9.14. The number of benzene rings is 2. The summed E-state index contributed by atoms with van der Waals surface area (Å²) in [7, 11) is 2.91. The molecule has 2 aromatic carbocycles. The topological polar surface area (TPSA) is 187 Å². The normalized spacial score (nSPS) is 10.5. The van der Waals surface area contributed by atoms with E-state index in [0.717, 1.165) is 0 Å². The van der Waals surface area contributed by atoms with E-state index in [2.05, 4.69) is 36.8 Å². The van der Waals surface area contributed by atoms with Gasteiger partial charge in [0.25, 0.3) is 17.5 Å². The van der Waals surface area contributed by atoms with Gasteiger partial charge in [-0.2, -0.15) is 10.4 Å². The summed E-state index contributed by atoms with van der Waals surface area (Å²) >= 11 is 3.39. The lowest BCUT2D eigenvalue weighted by atomic mass is 10.1. The molecule has 0 saturated carbocycles. The van der Waals surface area contributed by atoms with Gasteiger partial charge in [0.05, 0.1) is 30.5 Å². The van der Waals surface area contributed by atoms with Crippen molar-refractivity contribution in [1.82, 2.24) is 10.4 Å². The van der Waals surface area contributed by atoms with E-state index < -0.39 is 23.3 Å². The van der Waals surface area contributed by atoms with Crippen molar-refractivity contribution in [2.75, 3.05) is 32.8 Å². The highest BCUT2D eigenvalue weighted by atomic mass is 79.9. The lowest BCUT2D eigenvalue weighted by Gasteiger charge is -2.13. The average Bonchev–Trinajstić information content (AvgIpc) is 2.97. The van der Waals surface area contributed by atoms with Gasteiger partial charge in [0.1, 0.15) is 11.6 Å². The highest BCUT2D eigenvalue weighted by Crippen LogP contribution is 2.30. The highest BCUT2D eigenvalue weighted by Gasteiger charge is 2.18. The number of methoxy groups -OCH3 is 2. The average molecular weight is 641 g/mol. The molecule has 0 aliphatic heterocycles. The number of halogens is 1. The number of amides is 2. The zero-order chi connectivity index (χ0) is 30.6. The standard InChI is InChI=1S/C27H25BrN6O8/c1-16-26(28)21(13-39-2)20(11-29)27(31-16)42-15-25(36)33-30-12-17-7-8-22(23(9-17)40-3)41-14-24(35)32-18-5-4-6-19(10-18)34(37)38/h4-10,12H,13-15H2,1-3H3,(H,32,35)(H,33,36)/b30-12+. The number of rotatable bonds is 13. The van der Waals surface area contributed by atoms with E-state index in [1.54, 1.807) is 25.1 Å². The Morgan fingerprint density at radius 3 is 2.60 bits per heavy atom. The van der Waals surface area contributed by atoms with Crippen molar-refractivity contribution in [2.45, 2.75) is 13.5 Å². The Balaban J connectivity index is 1.55. The minimum Gasteiger partial charge on any atom is -0.493 e. The van der Waals surface area contributed by atoms with Crippen molar-refractivity contribution in [3.8, 4) is 23.4 Å². The van der Waals surface area contributed by atoms with Crippen molar-refractivity contribution in [2.24, 2.45) is 5.10 Å².